The molecular weight excluding hydrogens is 174 g/mol. The van der Waals surface area contributed by atoms with E-state index in [0.29, 0.717) is 24.7 Å². The largest absolute Gasteiger partial charge is 0.464 e. The molecule has 0 aromatic carbocycles. The summed E-state index contributed by atoms with van der Waals surface area (Å²) in [5, 5.41) is 0. The molecule has 0 aromatic heterocycles. The lowest BCUT2D eigenvalue weighted by Gasteiger charge is -2.09. The van der Waals surface area contributed by atoms with Crippen molar-refractivity contribution in [1.82, 2.24) is 0 Å². The van der Waals surface area contributed by atoms with Gasteiger partial charge in [-0.1, -0.05) is 0 Å². The van der Waals surface area contributed by atoms with Crippen LogP contribution < -0.4 is 5.73 Å². The molecule has 0 aromatic rings. The monoisotopic (exact) mass is 189 g/mol. The van der Waals surface area contributed by atoms with Crippen LogP contribution in [-0.2, 0) is 9.53 Å². The van der Waals surface area contributed by atoms with Gasteiger partial charge in [-0.2, -0.15) is 12.6 Å². The second-order valence-electron chi connectivity index (χ2n) is 3.19. The van der Waals surface area contributed by atoms with Gasteiger partial charge in [0.05, 0.1) is 6.61 Å². The van der Waals surface area contributed by atoms with Crippen molar-refractivity contribution in [1.29, 1.82) is 0 Å². The lowest BCUT2D eigenvalue weighted by molar-refractivity contribution is -0.145. The molecule has 0 bridgehead atoms. The fourth-order valence-corrected chi connectivity index (χ4v) is 1.13. The van der Waals surface area contributed by atoms with E-state index >= 15 is 0 Å². The Morgan fingerprint density at radius 3 is 2.83 bits per heavy atom. The Labute approximate surface area is 78.1 Å². The van der Waals surface area contributed by atoms with Crippen LogP contribution in [0.1, 0.15) is 19.3 Å². The van der Waals surface area contributed by atoms with Crippen LogP contribution in [0.3, 0.4) is 0 Å². The number of carbonyl (C=O) groups excluding carboxylic acids is 1. The van der Waals surface area contributed by atoms with Gasteiger partial charge < -0.3 is 10.5 Å². The standard InChI is InChI=1S/C8H15NO2S/c9-7(3-4-12)8(10)11-5-6-1-2-6/h6-7,12H,1-5,9H2. The van der Waals surface area contributed by atoms with Crippen molar-refractivity contribution in [3.05, 3.63) is 0 Å². The molecule has 1 aliphatic rings. The van der Waals surface area contributed by atoms with E-state index in [-0.39, 0.29) is 5.97 Å². The van der Waals surface area contributed by atoms with Crippen molar-refractivity contribution < 1.29 is 9.53 Å². The highest BCUT2D eigenvalue weighted by Crippen LogP contribution is 2.28. The zero-order valence-corrected chi connectivity index (χ0v) is 7.93. The number of hydrogen-bond donors (Lipinski definition) is 2. The molecule has 1 fully saturated rings. The average molecular weight is 189 g/mol. The highest BCUT2D eigenvalue weighted by atomic mass is 32.1. The molecule has 0 heterocycles. The van der Waals surface area contributed by atoms with Crippen molar-refractivity contribution in [3.8, 4) is 0 Å². The van der Waals surface area contributed by atoms with Gasteiger partial charge in [-0.3, -0.25) is 4.79 Å². The predicted octanol–water partition coefficient (Wildman–Crippen LogP) is 0.587. The summed E-state index contributed by atoms with van der Waals surface area (Å²) in [5.41, 5.74) is 5.51. The quantitative estimate of drug-likeness (QED) is 0.491. The van der Waals surface area contributed by atoms with Gasteiger partial charge in [0.15, 0.2) is 0 Å². The van der Waals surface area contributed by atoms with Crippen molar-refractivity contribution in [2.24, 2.45) is 11.7 Å². The minimum Gasteiger partial charge on any atom is -0.464 e. The second-order valence-corrected chi connectivity index (χ2v) is 3.64. The van der Waals surface area contributed by atoms with Crippen LogP contribution in [-0.4, -0.2) is 24.4 Å². The summed E-state index contributed by atoms with van der Waals surface area (Å²) in [4.78, 5) is 11.1. The van der Waals surface area contributed by atoms with Crippen molar-refractivity contribution >= 4 is 18.6 Å². The van der Waals surface area contributed by atoms with Crippen LogP contribution in [0.25, 0.3) is 0 Å². The van der Waals surface area contributed by atoms with E-state index in [2.05, 4.69) is 12.6 Å². The van der Waals surface area contributed by atoms with Gasteiger partial charge >= 0.3 is 5.97 Å². The third-order valence-electron chi connectivity index (χ3n) is 1.90. The van der Waals surface area contributed by atoms with Gasteiger partial charge in [0.1, 0.15) is 6.04 Å². The Morgan fingerprint density at radius 1 is 1.67 bits per heavy atom. The number of thiol groups is 1. The first-order valence-electron chi connectivity index (χ1n) is 4.27. The molecule has 70 valence electrons. The molecule has 1 unspecified atom stereocenters. The summed E-state index contributed by atoms with van der Waals surface area (Å²) in [6.45, 7) is 0.555. The molecule has 1 rings (SSSR count). The Hall–Kier alpha value is -0.220. The molecule has 0 radical (unpaired) electrons. The topological polar surface area (TPSA) is 52.3 Å². The molecule has 12 heavy (non-hydrogen) atoms. The molecular formula is C8H15NO2S. The molecule has 1 aliphatic carbocycles. The van der Waals surface area contributed by atoms with E-state index in [9.17, 15) is 4.79 Å². The molecule has 0 saturated heterocycles. The smallest absolute Gasteiger partial charge is 0.322 e. The van der Waals surface area contributed by atoms with Crippen LogP contribution in [0.15, 0.2) is 0 Å². The fraction of sp³-hybridized carbons (Fsp3) is 0.875. The molecule has 4 heteroatoms. The highest BCUT2D eigenvalue weighted by Gasteiger charge is 2.24. The Kier molecular flexibility index (Phi) is 3.88. The van der Waals surface area contributed by atoms with Crippen LogP contribution in [0.2, 0.25) is 0 Å². The first kappa shape index (κ1) is 9.86. The highest BCUT2D eigenvalue weighted by molar-refractivity contribution is 7.80. The van der Waals surface area contributed by atoms with Crippen LogP contribution in [0.4, 0.5) is 0 Å². The molecule has 0 aliphatic heterocycles. The van der Waals surface area contributed by atoms with Gasteiger partial charge in [0, 0.05) is 0 Å². The number of rotatable bonds is 5. The maximum absolute atomic E-state index is 11.1. The fourth-order valence-electron chi connectivity index (χ4n) is 0.848. The average Bonchev–Trinajstić information content (AvgIpc) is 2.83. The molecule has 1 saturated carbocycles. The minimum atomic E-state index is -0.485. The minimum absolute atomic E-state index is 0.282. The lowest BCUT2D eigenvalue weighted by atomic mass is 10.2. The van der Waals surface area contributed by atoms with E-state index in [4.69, 9.17) is 10.5 Å². The number of carbonyl (C=O) groups is 1. The Morgan fingerprint density at radius 2 is 2.33 bits per heavy atom. The Balaban J connectivity index is 2.07. The SMILES string of the molecule is NC(CCS)C(=O)OCC1CC1. The predicted molar refractivity (Wildman–Crippen MR) is 50.1 cm³/mol. The normalized spacial score (nSPS) is 18.8. The number of hydrogen-bond acceptors (Lipinski definition) is 4. The van der Waals surface area contributed by atoms with E-state index in [1.807, 2.05) is 0 Å². The van der Waals surface area contributed by atoms with Gasteiger partial charge in [-0.15, -0.1) is 0 Å². The number of esters is 1. The van der Waals surface area contributed by atoms with Crippen LogP contribution in [0, 0.1) is 5.92 Å². The first-order valence-corrected chi connectivity index (χ1v) is 4.90. The lowest BCUT2D eigenvalue weighted by Crippen LogP contribution is -2.33. The molecule has 2 N–H and O–H groups in total. The molecule has 0 spiro atoms. The summed E-state index contributed by atoms with van der Waals surface area (Å²) in [6, 6.07) is -0.485. The Bertz CT molecular complexity index is 159. The van der Waals surface area contributed by atoms with Crippen LogP contribution in [0.5, 0.6) is 0 Å². The third-order valence-corrected chi connectivity index (χ3v) is 2.16. The summed E-state index contributed by atoms with van der Waals surface area (Å²) in [6.07, 6.45) is 2.97. The summed E-state index contributed by atoms with van der Waals surface area (Å²) < 4.78 is 4.98. The summed E-state index contributed by atoms with van der Waals surface area (Å²) in [5.74, 6) is 0.952. The van der Waals surface area contributed by atoms with Crippen LogP contribution >= 0.6 is 12.6 Å². The summed E-state index contributed by atoms with van der Waals surface area (Å²) >= 11 is 3.99. The zero-order chi connectivity index (χ0) is 8.97. The van der Waals surface area contributed by atoms with E-state index in [1.54, 1.807) is 0 Å². The maximum Gasteiger partial charge on any atom is 0.322 e. The number of nitrogens with two attached hydrogens (primary N) is 1. The van der Waals surface area contributed by atoms with Crippen molar-refractivity contribution in [2.75, 3.05) is 12.4 Å². The molecule has 1 atom stereocenters. The van der Waals surface area contributed by atoms with Gasteiger partial charge in [0.2, 0.25) is 0 Å². The van der Waals surface area contributed by atoms with E-state index < -0.39 is 6.04 Å². The second kappa shape index (κ2) is 4.72. The van der Waals surface area contributed by atoms with E-state index in [0.717, 1.165) is 0 Å². The number of ether oxygens (including phenoxy) is 1. The van der Waals surface area contributed by atoms with E-state index in [1.165, 1.54) is 12.8 Å². The van der Waals surface area contributed by atoms with Crippen molar-refractivity contribution in [2.45, 2.75) is 25.3 Å². The first-order chi connectivity index (χ1) is 5.74. The third kappa shape index (κ3) is 3.45. The molecule has 0 amide bonds. The summed E-state index contributed by atoms with van der Waals surface area (Å²) in [7, 11) is 0. The van der Waals surface area contributed by atoms with Gasteiger partial charge in [-0.05, 0) is 30.9 Å². The van der Waals surface area contributed by atoms with Crippen molar-refractivity contribution in [3.63, 3.8) is 0 Å². The zero-order valence-electron chi connectivity index (χ0n) is 7.03. The van der Waals surface area contributed by atoms with Gasteiger partial charge in [-0.25, -0.2) is 0 Å². The maximum atomic E-state index is 11.1. The van der Waals surface area contributed by atoms with Gasteiger partial charge in [0.25, 0.3) is 0 Å². The molecule has 3 nitrogen and oxygen atoms in total.